The van der Waals surface area contributed by atoms with Gasteiger partial charge in [0.05, 0.1) is 11.4 Å². The second kappa shape index (κ2) is 13.0. The van der Waals surface area contributed by atoms with E-state index >= 15 is 0 Å². The first-order valence-electron chi connectivity index (χ1n) is 17.3. The molecular formula is C47H40N2S. The van der Waals surface area contributed by atoms with E-state index in [9.17, 15) is 0 Å². The highest BCUT2D eigenvalue weighted by Gasteiger charge is 2.26. The smallest absolute Gasteiger partial charge is 0.0514 e. The summed E-state index contributed by atoms with van der Waals surface area (Å²) < 4.78 is 2.61. The van der Waals surface area contributed by atoms with Gasteiger partial charge in [-0.1, -0.05) is 124 Å². The Hall–Kier alpha value is -5.64. The van der Waals surface area contributed by atoms with Crippen molar-refractivity contribution in [1.82, 2.24) is 0 Å². The quantitative estimate of drug-likeness (QED) is 0.167. The molecule has 0 saturated heterocycles. The molecule has 0 aliphatic rings. The zero-order valence-corrected chi connectivity index (χ0v) is 29.8. The van der Waals surface area contributed by atoms with Crippen molar-refractivity contribution in [3.63, 3.8) is 0 Å². The van der Waals surface area contributed by atoms with Crippen LogP contribution in [0.5, 0.6) is 0 Å². The lowest BCUT2D eigenvalue weighted by Crippen LogP contribution is -2.19. The second-order valence-corrected chi connectivity index (χ2v) is 15.0. The molecule has 0 N–H and O–H groups in total. The molecule has 0 atom stereocenters. The number of thiophene rings is 1. The van der Waals surface area contributed by atoms with E-state index in [1.807, 2.05) is 11.3 Å². The first-order valence-corrected chi connectivity index (χ1v) is 18.1. The lowest BCUT2D eigenvalue weighted by atomic mass is 9.85. The summed E-state index contributed by atoms with van der Waals surface area (Å²) in [6.45, 7) is 9.20. The van der Waals surface area contributed by atoms with Crippen molar-refractivity contribution < 1.29 is 0 Å². The molecule has 0 spiro atoms. The molecule has 0 fully saturated rings. The van der Waals surface area contributed by atoms with E-state index in [4.69, 9.17) is 0 Å². The van der Waals surface area contributed by atoms with Gasteiger partial charge < -0.3 is 9.80 Å². The van der Waals surface area contributed by atoms with Gasteiger partial charge in [-0.25, -0.2) is 0 Å². The first-order chi connectivity index (χ1) is 24.3. The van der Waals surface area contributed by atoms with Gasteiger partial charge in [0.25, 0.3) is 0 Å². The van der Waals surface area contributed by atoms with Gasteiger partial charge in [-0.05, 0) is 101 Å². The van der Waals surface area contributed by atoms with Crippen molar-refractivity contribution in [2.45, 2.75) is 33.1 Å². The largest absolute Gasteiger partial charge is 0.310 e. The van der Waals surface area contributed by atoms with Gasteiger partial charge in [0.2, 0.25) is 0 Å². The van der Waals surface area contributed by atoms with Crippen LogP contribution in [0.25, 0.3) is 31.3 Å². The molecule has 0 saturated carbocycles. The van der Waals surface area contributed by atoms with Crippen molar-refractivity contribution in [2.24, 2.45) is 0 Å². The average Bonchev–Trinajstić information content (AvgIpc) is 3.52. The zero-order valence-electron chi connectivity index (χ0n) is 29.0. The molecule has 0 aliphatic carbocycles. The Balaban J connectivity index is 1.35. The van der Waals surface area contributed by atoms with Crippen molar-refractivity contribution in [2.75, 3.05) is 9.80 Å². The van der Waals surface area contributed by atoms with Crippen LogP contribution in [0, 0.1) is 6.92 Å². The molecule has 2 nitrogen and oxygen atoms in total. The SMILES string of the molecule is Cc1c(N(c2ccccc2)c2ccc(-c3ccccc3)cc2)cc(C(C)(C)C)cc1N(c1ccccc1)c1ccc2c(c1)sc1ccccc12. The number of rotatable bonds is 7. The molecule has 1 heterocycles. The van der Waals surface area contributed by atoms with Crippen molar-refractivity contribution >= 4 is 65.6 Å². The minimum absolute atomic E-state index is 0.0888. The number of benzene rings is 7. The maximum Gasteiger partial charge on any atom is 0.0514 e. The van der Waals surface area contributed by atoms with Crippen LogP contribution in [0.2, 0.25) is 0 Å². The topological polar surface area (TPSA) is 6.48 Å². The monoisotopic (exact) mass is 664 g/mol. The van der Waals surface area contributed by atoms with Gasteiger partial charge in [0, 0.05) is 42.9 Å². The Morgan fingerprint density at radius 1 is 0.420 bits per heavy atom. The number of fused-ring (bicyclic) bond motifs is 3. The molecule has 7 aromatic carbocycles. The summed E-state index contributed by atoms with van der Waals surface area (Å²) in [5, 5.41) is 2.62. The molecule has 3 heteroatoms. The Morgan fingerprint density at radius 3 is 1.48 bits per heavy atom. The van der Waals surface area contributed by atoms with Gasteiger partial charge in [0.1, 0.15) is 0 Å². The van der Waals surface area contributed by atoms with Crippen molar-refractivity contribution in [1.29, 1.82) is 0 Å². The molecule has 0 amide bonds. The number of hydrogen-bond donors (Lipinski definition) is 0. The fourth-order valence-electron chi connectivity index (χ4n) is 6.88. The summed E-state index contributed by atoms with van der Waals surface area (Å²) in [6, 6.07) is 61.6. The molecule has 244 valence electrons. The van der Waals surface area contributed by atoms with Crippen molar-refractivity contribution in [3.05, 3.63) is 181 Å². The van der Waals surface area contributed by atoms with Crippen LogP contribution < -0.4 is 9.80 Å². The average molecular weight is 665 g/mol. The van der Waals surface area contributed by atoms with E-state index in [1.165, 1.54) is 48.1 Å². The van der Waals surface area contributed by atoms with E-state index in [1.54, 1.807) is 0 Å². The van der Waals surface area contributed by atoms with Gasteiger partial charge in [-0.2, -0.15) is 0 Å². The normalized spacial score (nSPS) is 11.6. The summed E-state index contributed by atoms with van der Waals surface area (Å²) in [5.41, 5.74) is 11.7. The number of anilines is 6. The molecule has 50 heavy (non-hydrogen) atoms. The summed E-state index contributed by atoms with van der Waals surface area (Å²) in [7, 11) is 0. The maximum atomic E-state index is 2.44. The second-order valence-electron chi connectivity index (χ2n) is 13.9. The highest BCUT2D eigenvalue weighted by atomic mass is 32.1. The summed E-state index contributed by atoms with van der Waals surface area (Å²) in [6.07, 6.45) is 0. The van der Waals surface area contributed by atoms with Crippen LogP contribution in [0.4, 0.5) is 34.1 Å². The van der Waals surface area contributed by atoms with Crippen LogP contribution in [-0.2, 0) is 5.41 Å². The standard InChI is InChI=1S/C47H40N2S/c1-33-43(48(37-18-10-6-11-19-37)39-26-24-35(25-27-39)34-16-8-5-9-17-34)30-36(47(2,3)4)31-44(33)49(38-20-12-7-13-21-38)40-28-29-42-41-22-14-15-23-45(41)50-46(42)32-40/h5-32H,1-4H3. The number of para-hydroxylation sites is 2. The molecule has 0 radical (unpaired) electrons. The Kier molecular flexibility index (Phi) is 8.22. The van der Waals surface area contributed by atoms with Crippen LogP contribution in [-0.4, -0.2) is 0 Å². The summed E-state index contributed by atoms with van der Waals surface area (Å²) in [5.74, 6) is 0. The van der Waals surface area contributed by atoms with Crippen molar-refractivity contribution in [3.8, 4) is 11.1 Å². The molecule has 8 aromatic rings. The highest BCUT2D eigenvalue weighted by molar-refractivity contribution is 7.25. The third-order valence-corrected chi connectivity index (χ3v) is 10.7. The molecule has 0 bridgehead atoms. The van der Waals surface area contributed by atoms with E-state index in [0.29, 0.717) is 0 Å². The predicted octanol–water partition coefficient (Wildman–Crippen LogP) is 14.3. The third kappa shape index (κ3) is 5.95. The molecule has 0 aliphatic heterocycles. The predicted molar refractivity (Wildman–Crippen MR) is 218 cm³/mol. The third-order valence-electron chi connectivity index (χ3n) is 9.58. The van der Waals surface area contributed by atoms with Gasteiger partial charge in [-0.3, -0.25) is 0 Å². The lowest BCUT2D eigenvalue weighted by Gasteiger charge is -2.34. The minimum Gasteiger partial charge on any atom is -0.310 e. The van der Waals surface area contributed by atoms with Gasteiger partial charge in [0.15, 0.2) is 0 Å². The fourth-order valence-corrected chi connectivity index (χ4v) is 8.02. The number of hydrogen-bond acceptors (Lipinski definition) is 3. The Bertz CT molecular complexity index is 2410. The van der Waals surface area contributed by atoms with Crippen LogP contribution in [0.3, 0.4) is 0 Å². The zero-order chi connectivity index (χ0) is 34.2. The summed E-state index contributed by atoms with van der Waals surface area (Å²) in [4.78, 5) is 4.86. The van der Waals surface area contributed by atoms with E-state index < -0.39 is 0 Å². The van der Waals surface area contributed by atoms with E-state index in [-0.39, 0.29) is 5.41 Å². The highest BCUT2D eigenvalue weighted by Crippen LogP contribution is 2.47. The lowest BCUT2D eigenvalue weighted by molar-refractivity contribution is 0.590. The minimum atomic E-state index is -0.0888. The number of nitrogens with zero attached hydrogens (tertiary/aromatic N) is 2. The Labute approximate surface area is 299 Å². The van der Waals surface area contributed by atoms with Gasteiger partial charge in [-0.15, -0.1) is 11.3 Å². The van der Waals surface area contributed by atoms with Crippen LogP contribution in [0.15, 0.2) is 170 Å². The van der Waals surface area contributed by atoms with Crippen LogP contribution >= 0.6 is 11.3 Å². The fraction of sp³-hybridized carbons (Fsp3) is 0.106. The maximum absolute atomic E-state index is 2.44. The first kappa shape index (κ1) is 31.6. The summed E-state index contributed by atoms with van der Waals surface area (Å²) >= 11 is 1.86. The van der Waals surface area contributed by atoms with E-state index in [0.717, 1.165) is 28.4 Å². The molecular weight excluding hydrogens is 625 g/mol. The van der Waals surface area contributed by atoms with E-state index in [2.05, 4.69) is 207 Å². The molecule has 1 aromatic heterocycles. The molecule has 8 rings (SSSR count). The van der Waals surface area contributed by atoms with Crippen LogP contribution in [0.1, 0.15) is 31.9 Å². The Morgan fingerprint density at radius 2 is 0.880 bits per heavy atom. The van der Waals surface area contributed by atoms with Gasteiger partial charge >= 0.3 is 0 Å². The molecule has 0 unspecified atom stereocenters.